The molecule has 1 atom stereocenters. The third-order valence-electron chi connectivity index (χ3n) is 2.97. The molecule has 0 spiro atoms. The lowest BCUT2D eigenvalue weighted by Crippen LogP contribution is -2.36. The molecule has 0 aliphatic carbocycles. The van der Waals surface area contributed by atoms with E-state index in [0.717, 1.165) is 10.4 Å². The number of carboxylic acid groups (broad SMARTS) is 1. The van der Waals surface area contributed by atoms with Gasteiger partial charge in [0.15, 0.2) is 0 Å². The van der Waals surface area contributed by atoms with Crippen molar-refractivity contribution in [2.45, 2.75) is 19.5 Å². The van der Waals surface area contributed by atoms with E-state index in [9.17, 15) is 9.59 Å². The molecule has 0 radical (unpaired) electrons. The number of rotatable bonds is 5. The minimum absolute atomic E-state index is 0.0422. The Hall–Kier alpha value is -2.34. The van der Waals surface area contributed by atoms with Crippen molar-refractivity contribution < 1.29 is 14.7 Å². The highest BCUT2D eigenvalue weighted by atomic mass is 32.1. The zero-order valence-electron chi connectivity index (χ0n) is 11.5. The number of carbonyl (C=O) groups excluding carboxylic acids is 1. The SMILES string of the molecule is CC(NC(=O)NCc1ccc(C(=O)O)cc1)c1cccs1. The molecule has 1 aromatic carbocycles. The van der Waals surface area contributed by atoms with Gasteiger partial charge in [0.1, 0.15) is 0 Å². The number of thiophene rings is 1. The molecule has 3 N–H and O–H groups in total. The van der Waals surface area contributed by atoms with Crippen molar-refractivity contribution in [2.24, 2.45) is 0 Å². The summed E-state index contributed by atoms with van der Waals surface area (Å²) in [5, 5.41) is 16.4. The Labute approximate surface area is 126 Å². The Morgan fingerprint density at radius 1 is 1.24 bits per heavy atom. The lowest BCUT2D eigenvalue weighted by atomic mass is 10.1. The second-order valence-corrected chi connectivity index (χ2v) is 5.55. The van der Waals surface area contributed by atoms with Crippen LogP contribution in [0.4, 0.5) is 4.79 Å². The van der Waals surface area contributed by atoms with E-state index < -0.39 is 5.97 Å². The number of carboxylic acids is 1. The lowest BCUT2D eigenvalue weighted by Gasteiger charge is -2.13. The summed E-state index contributed by atoms with van der Waals surface area (Å²) in [6, 6.07) is 10.0. The number of carbonyl (C=O) groups is 2. The molecular formula is C15H16N2O3S. The molecular weight excluding hydrogens is 288 g/mol. The number of aromatic carboxylic acids is 1. The monoisotopic (exact) mass is 304 g/mol. The van der Waals surface area contributed by atoms with E-state index in [1.807, 2.05) is 24.4 Å². The Morgan fingerprint density at radius 3 is 2.52 bits per heavy atom. The van der Waals surface area contributed by atoms with Gasteiger partial charge in [0.2, 0.25) is 0 Å². The van der Waals surface area contributed by atoms with Gasteiger partial charge in [-0.25, -0.2) is 9.59 Å². The minimum atomic E-state index is -0.961. The van der Waals surface area contributed by atoms with Gasteiger partial charge in [0.05, 0.1) is 11.6 Å². The van der Waals surface area contributed by atoms with Crippen molar-refractivity contribution in [3.05, 3.63) is 57.8 Å². The summed E-state index contributed by atoms with van der Waals surface area (Å²) in [5.74, 6) is -0.961. The fraction of sp³-hybridized carbons (Fsp3) is 0.200. The summed E-state index contributed by atoms with van der Waals surface area (Å²) in [6.45, 7) is 2.27. The molecule has 1 heterocycles. The molecule has 0 aliphatic rings. The fourth-order valence-corrected chi connectivity index (χ4v) is 2.54. The predicted molar refractivity (Wildman–Crippen MR) is 81.5 cm³/mol. The quantitative estimate of drug-likeness (QED) is 0.794. The molecule has 0 bridgehead atoms. The maximum absolute atomic E-state index is 11.8. The zero-order valence-corrected chi connectivity index (χ0v) is 12.3. The fourth-order valence-electron chi connectivity index (χ4n) is 1.80. The number of nitrogens with one attached hydrogen (secondary N) is 2. The first-order valence-corrected chi connectivity index (χ1v) is 7.34. The molecule has 1 aromatic heterocycles. The number of hydrogen-bond acceptors (Lipinski definition) is 3. The maximum Gasteiger partial charge on any atom is 0.335 e. The first-order chi connectivity index (χ1) is 10.1. The third-order valence-corrected chi connectivity index (χ3v) is 4.03. The van der Waals surface area contributed by atoms with Crippen molar-refractivity contribution in [2.75, 3.05) is 0 Å². The van der Waals surface area contributed by atoms with Gasteiger partial charge in [-0.3, -0.25) is 0 Å². The van der Waals surface area contributed by atoms with Crippen molar-refractivity contribution in [1.29, 1.82) is 0 Å². The van der Waals surface area contributed by atoms with Gasteiger partial charge in [0, 0.05) is 11.4 Å². The molecule has 21 heavy (non-hydrogen) atoms. The summed E-state index contributed by atoms with van der Waals surface area (Å²) in [6.07, 6.45) is 0. The van der Waals surface area contributed by atoms with E-state index in [1.54, 1.807) is 23.5 Å². The van der Waals surface area contributed by atoms with Crippen LogP contribution in [0.3, 0.4) is 0 Å². The maximum atomic E-state index is 11.8. The van der Waals surface area contributed by atoms with Crippen LogP contribution in [0.2, 0.25) is 0 Å². The third kappa shape index (κ3) is 4.32. The molecule has 2 rings (SSSR count). The van der Waals surface area contributed by atoms with E-state index >= 15 is 0 Å². The average molecular weight is 304 g/mol. The van der Waals surface area contributed by atoms with Gasteiger partial charge in [-0.05, 0) is 36.1 Å². The smallest absolute Gasteiger partial charge is 0.335 e. The van der Waals surface area contributed by atoms with Crippen LogP contribution in [0.1, 0.15) is 33.8 Å². The number of urea groups is 1. The van der Waals surface area contributed by atoms with Crippen LogP contribution in [-0.2, 0) is 6.54 Å². The van der Waals surface area contributed by atoms with Crippen LogP contribution in [0, 0.1) is 0 Å². The first kappa shape index (κ1) is 15.1. The largest absolute Gasteiger partial charge is 0.478 e. The van der Waals surface area contributed by atoms with Crippen LogP contribution < -0.4 is 10.6 Å². The summed E-state index contributed by atoms with van der Waals surface area (Å²) in [4.78, 5) is 23.6. The minimum Gasteiger partial charge on any atom is -0.478 e. The Balaban J connectivity index is 1.82. The summed E-state index contributed by atoms with van der Waals surface area (Å²) >= 11 is 1.59. The van der Waals surface area contributed by atoms with E-state index in [-0.39, 0.29) is 17.6 Å². The van der Waals surface area contributed by atoms with Crippen LogP contribution in [-0.4, -0.2) is 17.1 Å². The van der Waals surface area contributed by atoms with Crippen molar-refractivity contribution in [1.82, 2.24) is 10.6 Å². The molecule has 6 heteroatoms. The van der Waals surface area contributed by atoms with Gasteiger partial charge in [0.25, 0.3) is 0 Å². The van der Waals surface area contributed by atoms with Crippen LogP contribution in [0.25, 0.3) is 0 Å². The van der Waals surface area contributed by atoms with Gasteiger partial charge in [-0.1, -0.05) is 18.2 Å². The average Bonchev–Trinajstić information content (AvgIpc) is 3.00. The molecule has 0 aliphatic heterocycles. The second kappa shape index (κ2) is 6.90. The Morgan fingerprint density at radius 2 is 1.95 bits per heavy atom. The Bertz CT molecular complexity index is 608. The highest BCUT2D eigenvalue weighted by Gasteiger charge is 2.09. The van der Waals surface area contributed by atoms with E-state index in [4.69, 9.17) is 5.11 Å². The van der Waals surface area contributed by atoms with Crippen LogP contribution in [0.15, 0.2) is 41.8 Å². The highest BCUT2D eigenvalue weighted by molar-refractivity contribution is 7.10. The van der Waals surface area contributed by atoms with Gasteiger partial charge < -0.3 is 15.7 Å². The molecule has 2 amide bonds. The summed E-state index contributed by atoms with van der Waals surface area (Å²) < 4.78 is 0. The zero-order chi connectivity index (χ0) is 15.2. The number of hydrogen-bond donors (Lipinski definition) is 3. The van der Waals surface area contributed by atoms with Gasteiger partial charge >= 0.3 is 12.0 Å². The molecule has 0 saturated carbocycles. The topological polar surface area (TPSA) is 78.4 Å². The summed E-state index contributed by atoms with van der Waals surface area (Å²) in [7, 11) is 0. The van der Waals surface area contributed by atoms with E-state index in [1.165, 1.54) is 12.1 Å². The number of amides is 2. The van der Waals surface area contributed by atoms with E-state index in [0.29, 0.717) is 6.54 Å². The predicted octanol–water partition coefficient (Wildman–Crippen LogP) is 3.01. The van der Waals surface area contributed by atoms with Gasteiger partial charge in [-0.15, -0.1) is 11.3 Å². The summed E-state index contributed by atoms with van der Waals surface area (Å²) in [5.41, 5.74) is 1.08. The van der Waals surface area contributed by atoms with Gasteiger partial charge in [-0.2, -0.15) is 0 Å². The van der Waals surface area contributed by atoms with Crippen molar-refractivity contribution in [3.8, 4) is 0 Å². The standard InChI is InChI=1S/C15H16N2O3S/c1-10(13-3-2-8-21-13)17-15(20)16-9-11-4-6-12(7-5-11)14(18)19/h2-8,10H,9H2,1H3,(H,18,19)(H2,16,17,20). The first-order valence-electron chi connectivity index (χ1n) is 6.46. The molecule has 2 aromatic rings. The van der Waals surface area contributed by atoms with Crippen LogP contribution >= 0.6 is 11.3 Å². The highest BCUT2D eigenvalue weighted by Crippen LogP contribution is 2.17. The second-order valence-electron chi connectivity index (χ2n) is 4.57. The molecule has 0 saturated heterocycles. The molecule has 5 nitrogen and oxygen atoms in total. The molecule has 110 valence electrons. The molecule has 0 fully saturated rings. The lowest BCUT2D eigenvalue weighted by molar-refractivity contribution is 0.0697. The van der Waals surface area contributed by atoms with Crippen LogP contribution in [0.5, 0.6) is 0 Å². The molecule has 1 unspecified atom stereocenters. The van der Waals surface area contributed by atoms with Crippen molar-refractivity contribution in [3.63, 3.8) is 0 Å². The van der Waals surface area contributed by atoms with E-state index in [2.05, 4.69) is 10.6 Å². The normalized spacial score (nSPS) is 11.7. The number of benzene rings is 1. The van der Waals surface area contributed by atoms with Crippen molar-refractivity contribution >= 4 is 23.3 Å². The Kier molecular flexibility index (Phi) is 4.94.